The first-order valence-corrected chi connectivity index (χ1v) is 13.2. The van der Waals surface area contributed by atoms with Crippen LogP contribution in [0.25, 0.3) is 0 Å². The summed E-state index contributed by atoms with van der Waals surface area (Å²) in [6.07, 6.45) is 7.08. The van der Waals surface area contributed by atoms with Gasteiger partial charge in [0.1, 0.15) is 11.5 Å². The predicted octanol–water partition coefficient (Wildman–Crippen LogP) is 6.53. The molecule has 0 aliphatic rings. The van der Waals surface area contributed by atoms with Crippen molar-refractivity contribution in [2.45, 2.75) is 21.6 Å². The molecule has 0 fully saturated rings. The molecule has 0 amide bonds. The molecule has 8 heteroatoms. The molecule has 0 spiro atoms. The molecular formula is C28H26N4O2S2. The molecule has 0 N–H and O–H groups in total. The van der Waals surface area contributed by atoms with Crippen molar-refractivity contribution in [3.8, 4) is 11.5 Å². The van der Waals surface area contributed by atoms with Crippen LogP contribution in [0.4, 0.5) is 0 Å². The number of methoxy groups -OCH3 is 2. The minimum Gasteiger partial charge on any atom is -0.496 e. The van der Waals surface area contributed by atoms with Crippen LogP contribution in [-0.4, -0.2) is 36.6 Å². The molecule has 0 bridgehead atoms. The highest BCUT2D eigenvalue weighted by molar-refractivity contribution is 7.98. The summed E-state index contributed by atoms with van der Waals surface area (Å²) in [5.41, 5.74) is 4.05. The number of ether oxygens (including phenoxy) is 2. The van der Waals surface area contributed by atoms with Crippen LogP contribution in [0, 0.1) is 0 Å². The van der Waals surface area contributed by atoms with Crippen LogP contribution in [0.1, 0.15) is 22.3 Å². The largest absolute Gasteiger partial charge is 0.496 e. The summed E-state index contributed by atoms with van der Waals surface area (Å²) in [7, 11) is 3.36. The fourth-order valence-corrected chi connectivity index (χ4v) is 5.03. The maximum atomic E-state index is 5.53. The summed E-state index contributed by atoms with van der Waals surface area (Å²) >= 11 is 3.33. The second kappa shape index (κ2) is 13.5. The Morgan fingerprint density at radius 1 is 0.667 bits per heavy atom. The fourth-order valence-electron chi connectivity index (χ4n) is 3.35. The lowest BCUT2D eigenvalue weighted by molar-refractivity contribution is 0.411. The molecule has 2 aromatic heterocycles. The molecule has 0 unspecified atom stereocenters. The first-order chi connectivity index (χ1) is 17.7. The third-order valence-corrected chi connectivity index (χ3v) is 7.10. The Balaban J connectivity index is 1.41. The van der Waals surface area contributed by atoms with Crippen molar-refractivity contribution in [1.82, 2.24) is 9.97 Å². The van der Waals surface area contributed by atoms with Crippen LogP contribution in [0.5, 0.6) is 11.5 Å². The number of thioether (sulfide) groups is 2. The first kappa shape index (κ1) is 25.5. The van der Waals surface area contributed by atoms with E-state index in [0.29, 0.717) is 0 Å². The minimum absolute atomic E-state index is 0.746. The molecule has 0 atom stereocenters. The Morgan fingerprint density at radius 3 is 1.53 bits per heavy atom. The van der Waals surface area contributed by atoms with Crippen LogP contribution >= 0.6 is 23.5 Å². The monoisotopic (exact) mass is 514 g/mol. The first-order valence-electron chi connectivity index (χ1n) is 11.2. The van der Waals surface area contributed by atoms with Gasteiger partial charge >= 0.3 is 0 Å². The maximum absolute atomic E-state index is 5.53. The lowest BCUT2D eigenvalue weighted by atomic mass is 10.1. The Kier molecular flexibility index (Phi) is 9.53. The molecule has 0 aliphatic heterocycles. The third kappa shape index (κ3) is 7.44. The fraction of sp³-hybridized carbons (Fsp3) is 0.143. The summed E-state index contributed by atoms with van der Waals surface area (Å²) in [5, 5.41) is 10.5. The molecule has 2 heterocycles. The molecule has 4 rings (SSSR count). The molecule has 0 saturated heterocycles. The summed E-state index contributed by atoms with van der Waals surface area (Å²) in [5.74, 6) is 3.17. The summed E-state index contributed by atoms with van der Waals surface area (Å²) in [6, 6.07) is 23.8. The number of rotatable bonds is 11. The van der Waals surface area contributed by atoms with Gasteiger partial charge in [-0.15, -0.1) is 23.5 Å². The van der Waals surface area contributed by atoms with Crippen LogP contribution in [0.15, 0.2) is 105 Å². The molecule has 0 saturated carbocycles. The molecule has 36 heavy (non-hydrogen) atoms. The summed E-state index contributed by atoms with van der Waals surface area (Å²) in [4.78, 5) is 8.74. The van der Waals surface area contributed by atoms with Gasteiger partial charge in [-0.25, -0.2) is 9.97 Å². The van der Waals surface area contributed by atoms with E-state index in [2.05, 4.69) is 32.3 Å². The molecule has 0 aliphatic carbocycles. The molecule has 182 valence electrons. The Morgan fingerprint density at radius 2 is 1.14 bits per heavy atom. The van der Waals surface area contributed by atoms with Gasteiger partial charge in [0, 0.05) is 35.0 Å². The predicted molar refractivity (Wildman–Crippen MR) is 149 cm³/mol. The second-order valence-corrected chi connectivity index (χ2v) is 9.54. The average Bonchev–Trinajstić information content (AvgIpc) is 2.94. The minimum atomic E-state index is 0.746. The average molecular weight is 515 g/mol. The standard InChI is InChI=1S/C28H26N4O2S2/c1-33-25-11-9-21(15-23(25)19-35-27-7-3-5-13-29-27)17-31-32-18-22-10-12-26(34-2)24(16-22)20-36-28-8-4-6-14-30-28/h3-18H,19-20H2,1-2H3/b31-17-,32-18-. The molecule has 4 aromatic rings. The van der Waals surface area contributed by atoms with Crippen LogP contribution in [-0.2, 0) is 11.5 Å². The number of nitrogens with zero attached hydrogens (tertiary/aromatic N) is 4. The molecule has 6 nitrogen and oxygen atoms in total. The van der Waals surface area contributed by atoms with E-state index in [1.54, 1.807) is 62.6 Å². The second-order valence-electron chi connectivity index (χ2n) is 7.55. The Bertz CT molecular complexity index is 1210. The van der Waals surface area contributed by atoms with Gasteiger partial charge in [-0.2, -0.15) is 10.2 Å². The van der Waals surface area contributed by atoms with E-state index in [4.69, 9.17) is 9.47 Å². The molecule has 0 radical (unpaired) electrons. The highest BCUT2D eigenvalue weighted by atomic mass is 32.2. The van der Waals surface area contributed by atoms with Crippen molar-refractivity contribution >= 4 is 36.0 Å². The number of aromatic nitrogens is 2. The van der Waals surface area contributed by atoms with Gasteiger partial charge in [0.05, 0.1) is 36.7 Å². The van der Waals surface area contributed by atoms with Crippen molar-refractivity contribution in [2.24, 2.45) is 10.2 Å². The zero-order valence-electron chi connectivity index (χ0n) is 20.1. The zero-order valence-corrected chi connectivity index (χ0v) is 21.7. The van der Waals surface area contributed by atoms with E-state index in [1.165, 1.54) is 0 Å². The van der Waals surface area contributed by atoms with Crippen molar-refractivity contribution in [3.05, 3.63) is 107 Å². The van der Waals surface area contributed by atoms with Crippen molar-refractivity contribution in [1.29, 1.82) is 0 Å². The van der Waals surface area contributed by atoms with Crippen LogP contribution in [0.3, 0.4) is 0 Å². The quantitative estimate of drug-likeness (QED) is 0.129. The van der Waals surface area contributed by atoms with Crippen LogP contribution < -0.4 is 9.47 Å². The lowest BCUT2D eigenvalue weighted by Gasteiger charge is -2.09. The highest BCUT2D eigenvalue weighted by Gasteiger charge is 2.07. The van der Waals surface area contributed by atoms with E-state index in [0.717, 1.165) is 55.3 Å². The number of benzene rings is 2. The van der Waals surface area contributed by atoms with Gasteiger partial charge in [0.2, 0.25) is 0 Å². The SMILES string of the molecule is COc1ccc(/C=N\N=C/c2ccc(OC)c(CSc3ccccn3)c2)cc1CSc1ccccn1. The number of hydrogen-bond acceptors (Lipinski definition) is 8. The summed E-state index contributed by atoms with van der Waals surface area (Å²) in [6.45, 7) is 0. The summed E-state index contributed by atoms with van der Waals surface area (Å²) < 4.78 is 11.1. The zero-order chi connectivity index (χ0) is 25.0. The van der Waals surface area contributed by atoms with E-state index in [-0.39, 0.29) is 0 Å². The van der Waals surface area contributed by atoms with Gasteiger partial charge in [-0.05, 0) is 71.8 Å². The smallest absolute Gasteiger partial charge is 0.122 e. The van der Waals surface area contributed by atoms with Gasteiger partial charge in [0.15, 0.2) is 0 Å². The topological polar surface area (TPSA) is 69.0 Å². The van der Waals surface area contributed by atoms with E-state index in [1.807, 2.05) is 60.7 Å². The molecule has 2 aromatic carbocycles. The Labute approximate surface area is 219 Å². The Hall–Kier alpha value is -3.62. The molecular weight excluding hydrogens is 488 g/mol. The van der Waals surface area contributed by atoms with Gasteiger partial charge < -0.3 is 9.47 Å². The van der Waals surface area contributed by atoms with Crippen molar-refractivity contribution in [2.75, 3.05) is 14.2 Å². The van der Waals surface area contributed by atoms with E-state index in [9.17, 15) is 0 Å². The van der Waals surface area contributed by atoms with Crippen molar-refractivity contribution < 1.29 is 9.47 Å². The van der Waals surface area contributed by atoms with E-state index < -0.39 is 0 Å². The van der Waals surface area contributed by atoms with Gasteiger partial charge in [-0.1, -0.05) is 12.1 Å². The van der Waals surface area contributed by atoms with E-state index >= 15 is 0 Å². The number of pyridine rings is 2. The lowest BCUT2D eigenvalue weighted by Crippen LogP contribution is -1.94. The van der Waals surface area contributed by atoms with Crippen LogP contribution in [0.2, 0.25) is 0 Å². The maximum Gasteiger partial charge on any atom is 0.122 e. The third-order valence-electron chi connectivity index (χ3n) is 5.12. The normalized spacial score (nSPS) is 11.3. The highest BCUT2D eigenvalue weighted by Crippen LogP contribution is 2.28. The van der Waals surface area contributed by atoms with Crippen molar-refractivity contribution in [3.63, 3.8) is 0 Å². The van der Waals surface area contributed by atoms with Gasteiger partial charge in [0.25, 0.3) is 0 Å². The van der Waals surface area contributed by atoms with Gasteiger partial charge in [-0.3, -0.25) is 0 Å². The number of hydrogen-bond donors (Lipinski definition) is 0.